The first-order valence-electron chi connectivity index (χ1n) is 6.81. The Kier molecular flexibility index (Phi) is 10.5. The first kappa shape index (κ1) is 19.9. The van der Waals surface area contributed by atoms with Crippen LogP contribution in [0.25, 0.3) is 0 Å². The summed E-state index contributed by atoms with van der Waals surface area (Å²) in [6, 6.07) is 0.394. The van der Waals surface area contributed by atoms with Crippen molar-refractivity contribution in [3.05, 3.63) is 27.0 Å². The SMILES string of the molecule is C=CCN(c1nc(Cl)c(Br)nc1Br)C(CC)CC.CC. The van der Waals surface area contributed by atoms with Gasteiger partial charge in [0.25, 0.3) is 0 Å². The number of hydrogen-bond donors (Lipinski definition) is 0. The molecule has 0 bridgehead atoms. The van der Waals surface area contributed by atoms with Gasteiger partial charge in [-0.15, -0.1) is 6.58 Å². The molecule has 20 heavy (non-hydrogen) atoms. The highest BCUT2D eigenvalue weighted by molar-refractivity contribution is 9.11. The average molecular weight is 428 g/mol. The highest BCUT2D eigenvalue weighted by atomic mass is 79.9. The minimum Gasteiger partial charge on any atom is -0.348 e. The van der Waals surface area contributed by atoms with Gasteiger partial charge in [0, 0.05) is 12.6 Å². The number of anilines is 1. The molecule has 114 valence electrons. The van der Waals surface area contributed by atoms with Crippen LogP contribution in [0, 0.1) is 0 Å². The van der Waals surface area contributed by atoms with Crippen LogP contribution in [0.5, 0.6) is 0 Å². The van der Waals surface area contributed by atoms with Crippen molar-refractivity contribution in [3.63, 3.8) is 0 Å². The van der Waals surface area contributed by atoms with Crippen molar-refractivity contribution in [3.8, 4) is 0 Å². The predicted molar refractivity (Wildman–Crippen MR) is 95.7 cm³/mol. The van der Waals surface area contributed by atoms with E-state index >= 15 is 0 Å². The molecule has 3 nitrogen and oxygen atoms in total. The fourth-order valence-corrected chi connectivity index (χ4v) is 2.95. The molecule has 0 atom stereocenters. The minimum absolute atomic E-state index is 0.369. The van der Waals surface area contributed by atoms with Crippen molar-refractivity contribution in [2.45, 2.75) is 46.6 Å². The van der Waals surface area contributed by atoms with Gasteiger partial charge in [-0.25, -0.2) is 9.97 Å². The molecule has 0 aliphatic rings. The number of aromatic nitrogens is 2. The fourth-order valence-electron chi connectivity index (χ4n) is 1.83. The Balaban J connectivity index is 0.00000172. The maximum absolute atomic E-state index is 6.03. The molecule has 0 fully saturated rings. The third-order valence-electron chi connectivity index (χ3n) is 2.74. The molecule has 0 aliphatic heterocycles. The van der Waals surface area contributed by atoms with Gasteiger partial charge >= 0.3 is 0 Å². The quantitative estimate of drug-likeness (QED) is 0.532. The molecule has 1 aromatic heterocycles. The van der Waals surface area contributed by atoms with Crippen molar-refractivity contribution in [1.82, 2.24) is 9.97 Å². The van der Waals surface area contributed by atoms with Crippen molar-refractivity contribution in [1.29, 1.82) is 0 Å². The Morgan fingerprint density at radius 2 is 1.75 bits per heavy atom. The average Bonchev–Trinajstić information content (AvgIpc) is 2.45. The highest BCUT2D eigenvalue weighted by Gasteiger charge is 2.20. The molecule has 1 aromatic rings. The minimum atomic E-state index is 0.369. The lowest BCUT2D eigenvalue weighted by Gasteiger charge is -2.31. The van der Waals surface area contributed by atoms with Gasteiger partial charge in [-0.1, -0.05) is 45.4 Å². The van der Waals surface area contributed by atoms with Crippen LogP contribution in [-0.4, -0.2) is 22.6 Å². The van der Waals surface area contributed by atoms with Gasteiger partial charge < -0.3 is 4.90 Å². The van der Waals surface area contributed by atoms with Crippen LogP contribution in [0.2, 0.25) is 5.15 Å². The second kappa shape index (κ2) is 10.6. The molecule has 0 saturated heterocycles. The van der Waals surface area contributed by atoms with E-state index in [9.17, 15) is 0 Å². The molecule has 1 heterocycles. The molecule has 0 unspecified atom stereocenters. The molecular weight excluding hydrogens is 405 g/mol. The van der Waals surface area contributed by atoms with Crippen LogP contribution in [0.15, 0.2) is 21.9 Å². The Labute approximate surface area is 144 Å². The van der Waals surface area contributed by atoms with Crippen LogP contribution >= 0.6 is 43.5 Å². The summed E-state index contributed by atoms with van der Waals surface area (Å²) >= 11 is 12.7. The molecule has 0 aromatic carbocycles. The Morgan fingerprint density at radius 1 is 1.20 bits per heavy atom. The van der Waals surface area contributed by atoms with Crippen molar-refractivity contribution in [2.75, 3.05) is 11.4 Å². The van der Waals surface area contributed by atoms with Crippen LogP contribution < -0.4 is 4.90 Å². The lowest BCUT2D eigenvalue weighted by atomic mass is 10.1. The maximum Gasteiger partial charge on any atom is 0.164 e. The summed E-state index contributed by atoms with van der Waals surface area (Å²) < 4.78 is 1.23. The van der Waals surface area contributed by atoms with Gasteiger partial charge in [0.1, 0.15) is 9.21 Å². The van der Waals surface area contributed by atoms with Crippen LogP contribution in [-0.2, 0) is 0 Å². The smallest absolute Gasteiger partial charge is 0.164 e. The Hall–Kier alpha value is -0.130. The normalized spacial score (nSPS) is 10.0. The van der Waals surface area contributed by atoms with E-state index < -0.39 is 0 Å². The Bertz CT molecular complexity index is 423. The van der Waals surface area contributed by atoms with E-state index in [1.807, 2.05) is 19.9 Å². The van der Waals surface area contributed by atoms with Crippen molar-refractivity contribution >= 4 is 49.3 Å². The fraction of sp³-hybridized carbons (Fsp3) is 0.571. The molecular formula is C14H22Br2ClN3. The third-order valence-corrected chi connectivity index (χ3v) is 4.31. The lowest BCUT2D eigenvalue weighted by Crippen LogP contribution is -2.35. The van der Waals surface area contributed by atoms with E-state index in [0.29, 0.717) is 20.4 Å². The lowest BCUT2D eigenvalue weighted by molar-refractivity contribution is 0.569. The van der Waals surface area contributed by atoms with E-state index in [0.717, 1.165) is 25.2 Å². The van der Waals surface area contributed by atoms with Crippen LogP contribution in [0.3, 0.4) is 0 Å². The highest BCUT2D eigenvalue weighted by Crippen LogP contribution is 2.30. The summed E-state index contributed by atoms with van der Waals surface area (Å²) in [6.45, 7) is 12.8. The second-order valence-electron chi connectivity index (χ2n) is 3.83. The van der Waals surface area contributed by atoms with Gasteiger partial charge in [0.15, 0.2) is 11.0 Å². The molecule has 0 aliphatic carbocycles. The van der Waals surface area contributed by atoms with Gasteiger partial charge in [-0.3, -0.25) is 0 Å². The zero-order valence-corrected chi connectivity index (χ0v) is 16.4. The molecule has 0 saturated carbocycles. The topological polar surface area (TPSA) is 29.0 Å². The summed E-state index contributed by atoms with van der Waals surface area (Å²) in [5, 5.41) is 0.369. The van der Waals surface area contributed by atoms with E-state index in [2.05, 4.69) is 67.2 Å². The van der Waals surface area contributed by atoms with Gasteiger partial charge in [0.2, 0.25) is 0 Å². The molecule has 1 rings (SSSR count). The second-order valence-corrected chi connectivity index (χ2v) is 5.69. The zero-order valence-electron chi connectivity index (χ0n) is 12.5. The first-order chi connectivity index (χ1) is 9.54. The standard InChI is InChI=1S/C12H16Br2ClN3.C2H6/c1-4-7-18(8(5-2)6-3)12-10(14)16-9(13)11(15)17-12;1-2/h4,8H,1,5-7H2,2-3H3;1-2H3. The third kappa shape index (κ3) is 5.34. The predicted octanol–water partition coefficient (Wildman–Crippen LogP) is 5.86. The van der Waals surface area contributed by atoms with Crippen molar-refractivity contribution < 1.29 is 0 Å². The van der Waals surface area contributed by atoms with E-state index in [4.69, 9.17) is 11.6 Å². The van der Waals surface area contributed by atoms with E-state index in [-0.39, 0.29) is 0 Å². The summed E-state index contributed by atoms with van der Waals surface area (Å²) in [6.07, 6.45) is 3.93. The number of halogens is 3. The maximum atomic E-state index is 6.03. The summed E-state index contributed by atoms with van der Waals surface area (Å²) in [5.74, 6) is 0.761. The largest absolute Gasteiger partial charge is 0.348 e. The van der Waals surface area contributed by atoms with Gasteiger partial charge in [-0.2, -0.15) is 0 Å². The van der Waals surface area contributed by atoms with Gasteiger partial charge in [-0.05, 0) is 44.7 Å². The molecule has 0 spiro atoms. The monoisotopic (exact) mass is 425 g/mol. The van der Waals surface area contributed by atoms with Crippen LogP contribution in [0.1, 0.15) is 40.5 Å². The zero-order chi connectivity index (χ0) is 15.7. The van der Waals surface area contributed by atoms with Crippen molar-refractivity contribution in [2.24, 2.45) is 0 Å². The Morgan fingerprint density at radius 3 is 2.20 bits per heavy atom. The molecule has 0 radical (unpaired) electrons. The summed E-state index contributed by atoms with van der Waals surface area (Å²) in [5.41, 5.74) is 0. The van der Waals surface area contributed by atoms with Gasteiger partial charge in [0.05, 0.1) is 0 Å². The first-order valence-corrected chi connectivity index (χ1v) is 8.77. The summed E-state index contributed by atoms with van der Waals surface area (Å²) in [4.78, 5) is 10.9. The van der Waals surface area contributed by atoms with E-state index in [1.165, 1.54) is 0 Å². The summed E-state index contributed by atoms with van der Waals surface area (Å²) in [7, 11) is 0. The molecule has 0 amide bonds. The molecule has 0 N–H and O–H groups in total. The number of rotatable bonds is 6. The molecule has 6 heteroatoms. The number of nitrogens with zero attached hydrogens (tertiary/aromatic N) is 3. The van der Waals surface area contributed by atoms with Crippen LogP contribution in [0.4, 0.5) is 5.82 Å². The number of hydrogen-bond acceptors (Lipinski definition) is 3. The van der Waals surface area contributed by atoms with E-state index in [1.54, 1.807) is 0 Å².